The van der Waals surface area contributed by atoms with Crippen LogP contribution in [-0.2, 0) is 10.0 Å². The lowest BCUT2D eigenvalue weighted by molar-refractivity contribution is 0.427. The van der Waals surface area contributed by atoms with Gasteiger partial charge in [0.25, 0.3) is 0 Å². The fourth-order valence-electron chi connectivity index (χ4n) is 2.51. The molecule has 0 radical (unpaired) electrons. The van der Waals surface area contributed by atoms with Crippen molar-refractivity contribution in [3.63, 3.8) is 0 Å². The maximum absolute atomic E-state index is 12.4. The number of hydrogen-bond donors (Lipinski definition) is 2. The fraction of sp³-hybridized carbons (Fsp3) is 0.462. The predicted octanol–water partition coefficient (Wildman–Crippen LogP) is 1.75. The molecule has 0 atom stereocenters. The molecule has 2 rings (SSSR count). The highest BCUT2D eigenvalue weighted by atomic mass is 32.2. The van der Waals surface area contributed by atoms with Gasteiger partial charge >= 0.3 is 0 Å². The maximum atomic E-state index is 12.4. The summed E-state index contributed by atoms with van der Waals surface area (Å²) in [6.45, 7) is 1.90. The lowest BCUT2D eigenvalue weighted by Crippen LogP contribution is -2.43. The molecule has 1 aliphatic carbocycles. The molecule has 102 valence electrons. The van der Waals surface area contributed by atoms with Crippen LogP contribution < -0.4 is 10.5 Å². The Hall–Kier alpha value is -1.58. The highest BCUT2D eigenvalue weighted by Gasteiger charge is 2.34. The number of sulfonamides is 1. The number of nitrogens with two attached hydrogens (primary N) is 1. The summed E-state index contributed by atoms with van der Waals surface area (Å²) in [5.74, 6) is 0. The topological polar surface area (TPSA) is 96.0 Å². The van der Waals surface area contributed by atoms with Crippen LogP contribution >= 0.6 is 0 Å². The van der Waals surface area contributed by atoms with E-state index in [4.69, 9.17) is 11.0 Å². The summed E-state index contributed by atoms with van der Waals surface area (Å²) < 4.78 is 27.5. The van der Waals surface area contributed by atoms with Crippen molar-refractivity contribution in [1.82, 2.24) is 4.72 Å². The Kier molecular flexibility index (Phi) is 3.52. The minimum atomic E-state index is -3.69. The summed E-state index contributed by atoms with van der Waals surface area (Å²) in [6.07, 6.45) is 3.68. The average Bonchev–Trinajstić information content (AvgIpc) is 2.74. The minimum Gasteiger partial charge on any atom is -0.399 e. The number of anilines is 1. The van der Waals surface area contributed by atoms with Crippen LogP contribution in [0.25, 0.3) is 0 Å². The van der Waals surface area contributed by atoms with Gasteiger partial charge in [0.1, 0.15) is 6.07 Å². The maximum Gasteiger partial charge on any atom is 0.242 e. The van der Waals surface area contributed by atoms with Crippen molar-refractivity contribution in [1.29, 1.82) is 5.26 Å². The molecule has 0 bridgehead atoms. The summed E-state index contributed by atoms with van der Waals surface area (Å²) in [5, 5.41) is 9.03. The van der Waals surface area contributed by atoms with Gasteiger partial charge in [-0.05, 0) is 38.0 Å². The second-order valence-electron chi connectivity index (χ2n) is 5.24. The number of nitrogens with zero attached hydrogens (tertiary/aromatic N) is 1. The molecule has 3 N–H and O–H groups in total. The summed E-state index contributed by atoms with van der Waals surface area (Å²) >= 11 is 0. The van der Waals surface area contributed by atoms with Crippen molar-refractivity contribution in [2.45, 2.75) is 43.0 Å². The first kappa shape index (κ1) is 13.8. The Balaban J connectivity index is 2.37. The van der Waals surface area contributed by atoms with Gasteiger partial charge in [-0.2, -0.15) is 5.26 Å². The zero-order chi connectivity index (χ0) is 14.1. The average molecular weight is 279 g/mol. The van der Waals surface area contributed by atoms with Crippen molar-refractivity contribution < 1.29 is 8.42 Å². The van der Waals surface area contributed by atoms with E-state index in [1.54, 1.807) is 0 Å². The smallest absolute Gasteiger partial charge is 0.242 e. The van der Waals surface area contributed by atoms with E-state index in [1.807, 2.05) is 13.0 Å². The number of rotatable bonds is 3. The van der Waals surface area contributed by atoms with E-state index in [1.165, 1.54) is 18.2 Å². The van der Waals surface area contributed by atoms with Crippen LogP contribution in [0, 0.1) is 11.3 Å². The van der Waals surface area contributed by atoms with Crippen molar-refractivity contribution in [2.24, 2.45) is 0 Å². The summed E-state index contributed by atoms with van der Waals surface area (Å²) in [6, 6.07) is 6.14. The Morgan fingerprint density at radius 3 is 2.58 bits per heavy atom. The zero-order valence-corrected chi connectivity index (χ0v) is 11.6. The molecule has 0 spiro atoms. The molecule has 0 heterocycles. The third kappa shape index (κ3) is 2.88. The van der Waals surface area contributed by atoms with E-state index in [9.17, 15) is 8.42 Å². The van der Waals surface area contributed by atoms with Gasteiger partial charge in [0.05, 0.1) is 10.5 Å². The highest BCUT2D eigenvalue weighted by molar-refractivity contribution is 7.89. The Bertz CT molecular complexity index is 626. The van der Waals surface area contributed by atoms with Crippen LogP contribution in [0.5, 0.6) is 0 Å². The van der Waals surface area contributed by atoms with Gasteiger partial charge in [-0.3, -0.25) is 0 Å². The molecule has 0 aliphatic heterocycles. The third-order valence-electron chi connectivity index (χ3n) is 3.50. The number of benzene rings is 1. The van der Waals surface area contributed by atoms with Crippen LogP contribution in [0.2, 0.25) is 0 Å². The van der Waals surface area contributed by atoms with Crippen molar-refractivity contribution >= 4 is 15.7 Å². The molecule has 0 aromatic heterocycles. The molecule has 5 nitrogen and oxygen atoms in total. The first-order chi connectivity index (χ1) is 8.86. The van der Waals surface area contributed by atoms with Gasteiger partial charge in [0.15, 0.2) is 0 Å². The molecule has 6 heteroatoms. The molecule has 0 saturated heterocycles. The van der Waals surface area contributed by atoms with Crippen LogP contribution in [0.15, 0.2) is 23.1 Å². The van der Waals surface area contributed by atoms with Crippen LogP contribution in [-0.4, -0.2) is 14.0 Å². The Morgan fingerprint density at radius 1 is 1.37 bits per heavy atom. The lowest BCUT2D eigenvalue weighted by Gasteiger charge is -2.25. The third-order valence-corrected chi connectivity index (χ3v) is 5.20. The molecule has 1 fully saturated rings. The van der Waals surface area contributed by atoms with Gasteiger partial charge in [-0.25, -0.2) is 13.1 Å². The van der Waals surface area contributed by atoms with E-state index >= 15 is 0 Å². The number of nitriles is 1. The lowest BCUT2D eigenvalue weighted by atomic mass is 10.0. The number of nitrogens with one attached hydrogen (secondary N) is 1. The second-order valence-corrected chi connectivity index (χ2v) is 6.89. The molecule has 0 amide bonds. The minimum absolute atomic E-state index is 0.00248. The SMILES string of the molecule is CC1(NS(=O)(=O)c2ccc(N)cc2C#N)CCCC1. The standard InChI is InChI=1S/C13H17N3O2S/c1-13(6-2-3-7-13)16-19(17,18)12-5-4-11(15)8-10(12)9-14/h4-5,8,16H,2-3,6-7,15H2,1H3. The summed E-state index contributed by atoms with van der Waals surface area (Å²) in [7, 11) is -3.69. The molecule has 1 aliphatic rings. The van der Waals surface area contributed by atoms with Gasteiger partial charge in [0.2, 0.25) is 10.0 Å². The van der Waals surface area contributed by atoms with E-state index in [-0.39, 0.29) is 10.5 Å². The molecule has 0 unspecified atom stereocenters. The molecule has 19 heavy (non-hydrogen) atoms. The van der Waals surface area contributed by atoms with Crippen molar-refractivity contribution in [3.8, 4) is 6.07 Å². The van der Waals surface area contributed by atoms with Gasteiger partial charge < -0.3 is 5.73 Å². The molecule has 1 aromatic rings. The fourth-order valence-corrected chi connectivity index (χ4v) is 4.11. The number of hydrogen-bond acceptors (Lipinski definition) is 4. The molecule has 1 saturated carbocycles. The Morgan fingerprint density at radius 2 is 2.00 bits per heavy atom. The largest absolute Gasteiger partial charge is 0.399 e. The quantitative estimate of drug-likeness (QED) is 0.824. The number of nitrogen functional groups attached to an aromatic ring is 1. The normalized spacial score (nSPS) is 18.1. The van der Waals surface area contributed by atoms with Gasteiger partial charge in [-0.1, -0.05) is 12.8 Å². The van der Waals surface area contributed by atoms with E-state index in [0.29, 0.717) is 5.69 Å². The predicted molar refractivity (Wildman–Crippen MR) is 72.8 cm³/mol. The zero-order valence-electron chi connectivity index (χ0n) is 10.8. The first-order valence-electron chi connectivity index (χ1n) is 6.20. The van der Waals surface area contributed by atoms with E-state index in [2.05, 4.69) is 4.72 Å². The molecule has 1 aromatic carbocycles. The van der Waals surface area contributed by atoms with E-state index < -0.39 is 15.6 Å². The monoisotopic (exact) mass is 279 g/mol. The van der Waals surface area contributed by atoms with Crippen molar-refractivity contribution in [3.05, 3.63) is 23.8 Å². The van der Waals surface area contributed by atoms with Crippen LogP contribution in [0.1, 0.15) is 38.2 Å². The molecular weight excluding hydrogens is 262 g/mol. The summed E-state index contributed by atoms with van der Waals surface area (Å²) in [4.78, 5) is -0.00248. The van der Waals surface area contributed by atoms with Crippen LogP contribution in [0.4, 0.5) is 5.69 Å². The van der Waals surface area contributed by atoms with Gasteiger partial charge in [-0.15, -0.1) is 0 Å². The van der Waals surface area contributed by atoms with Gasteiger partial charge in [0, 0.05) is 11.2 Å². The second kappa shape index (κ2) is 4.83. The molecular formula is C13H17N3O2S. The highest BCUT2D eigenvalue weighted by Crippen LogP contribution is 2.31. The first-order valence-corrected chi connectivity index (χ1v) is 7.68. The summed E-state index contributed by atoms with van der Waals surface area (Å²) in [5.41, 5.74) is 5.62. The van der Waals surface area contributed by atoms with E-state index in [0.717, 1.165) is 25.7 Å². The van der Waals surface area contributed by atoms with Crippen LogP contribution in [0.3, 0.4) is 0 Å². The Labute approximate surface area is 113 Å². The van der Waals surface area contributed by atoms with Crippen molar-refractivity contribution in [2.75, 3.05) is 5.73 Å².